The number of benzene rings is 1. The first kappa shape index (κ1) is 21.3. The van der Waals surface area contributed by atoms with Crippen LogP contribution in [0, 0.1) is 0 Å². The molecule has 5 atom stereocenters. The summed E-state index contributed by atoms with van der Waals surface area (Å²) < 4.78 is 22.1. The van der Waals surface area contributed by atoms with E-state index in [-0.39, 0.29) is 6.61 Å². The number of aliphatic hydroxyl groups excluding tert-OH is 3. The Kier molecular flexibility index (Phi) is 6.90. The molecule has 1 aromatic carbocycles. The Balaban J connectivity index is 1.69. The topological polar surface area (TPSA) is 145 Å². The Hall–Kier alpha value is -2.41. The molecule has 0 aliphatic carbocycles. The summed E-state index contributed by atoms with van der Waals surface area (Å²) in [6, 6.07) is 6.65. The summed E-state index contributed by atoms with van der Waals surface area (Å²) in [6.45, 7) is -0.523. The minimum Gasteiger partial charge on any atom is -0.465 e. The van der Waals surface area contributed by atoms with E-state index in [0.29, 0.717) is 16.9 Å². The maximum absolute atomic E-state index is 11.7. The minimum absolute atomic E-state index is 0.0654. The van der Waals surface area contributed by atoms with Gasteiger partial charge in [0.1, 0.15) is 30.1 Å². The number of nitrogens with zero attached hydrogens (tertiary/aromatic N) is 3. The van der Waals surface area contributed by atoms with Crippen molar-refractivity contribution in [2.45, 2.75) is 37.3 Å². The molecule has 2 heterocycles. The minimum atomic E-state index is -1.26. The summed E-state index contributed by atoms with van der Waals surface area (Å²) in [6.07, 6.45) is -3.98. The zero-order valence-corrected chi connectivity index (χ0v) is 15.9. The Morgan fingerprint density at radius 2 is 2.07 bits per heavy atom. The van der Waals surface area contributed by atoms with Crippen molar-refractivity contribution >= 4 is 5.97 Å². The molecule has 0 saturated carbocycles. The average Bonchev–Trinajstić information content (AvgIpc) is 3.22. The molecule has 158 valence electrons. The quantitative estimate of drug-likeness (QED) is 0.488. The first-order valence-corrected chi connectivity index (χ1v) is 8.85. The van der Waals surface area contributed by atoms with Crippen LogP contribution >= 0.6 is 0 Å². The smallest absolute Gasteiger partial charge is 0.337 e. The van der Waals surface area contributed by atoms with Crippen molar-refractivity contribution in [3.63, 3.8) is 0 Å². The Labute approximate surface area is 166 Å². The van der Waals surface area contributed by atoms with Gasteiger partial charge in [0.25, 0.3) is 0 Å². The number of aliphatic hydroxyl groups is 3. The lowest BCUT2D eigenvalue weighted by molar-refractivity contribution is -0.303. The van der Waals surface area contributed by atoms with Gasteiger partial charge in [0.2, 0.25) is 0 Å². The van der Waals surface area contributed by atoms with Crippen LogP contribution in [0.2, 0.25) is 0 Å². The van der Waals surface area contributed by atoms with E-state index < -0.39 is 43.3 Å². The summed E-state index contributed by atoms with van der Waals surface area (Å²) in [5, 5.41) is 37.9. The summed E-state index contributed by atoms with van der Waals surface area (Å²) >= 11 is 0. The number of hydrogen-bond acceptors (Lipinski definition) is 10. The van der Waals surface area contributed by atoms with Gasteiger partial charge in [0.15, 0.2) is 6.29 Å². The van der Waals surface area contributed by atoms with Gasteiger partial charge in [0.05, 0.1) is 37.8 Å². The molecule has 3 N–H and O–H groups in total. The molecule has 3 rings (SSSR count). The van der Waals surface area contributed by atoms with Crippen LogP contribution in [0.3, 0.4) is 0 Å². The van der Waals surface area contributed by atoms with Crippen LogP contribution < -0.4 is 0 Å². The molecule has 0 bridgehead atoms. The fourth-order valence-electron chi connectivity index (χ4n) is 3.01. The van der Waals surface area contributed by atoms with E-state index in [1.807, 2.05) is 0 Å². The maximum atomic E-state index is 11.7. The van der Waals surface area contributed by atoms with E-state index in [1.54, 1.807) is 30.5 Å². The molecule has 1 fully saturated rings. The fourth-order valence-corrected chi connectivity index (χ4v) is 3.01. The molecule has 11 heteroatoms. The predicted octanol–water partition coefficient (Wildman–Crippen LogP) is -0.975. The van der Waals surface area contributed by atoms with Crippen molar-refractivity contribution < 1.29 is 39.1 Å². The standard InChI is InChI=1S/C18H23N3O8/c1-26-17(25)10-4-3-5-12(6-10)21-7-11(19-20-21)9-28-16-14(23)13(8-22)29-18(27-2)15(16)24/h3-7,13-16,18,22-24H,8-9H2,1-2H3/t13-,14+,15-,16+,18-/m1/s1. The number of methoxy groups -OCH3 is 2. The fraction of sp³-hybridized carbons (Fsp3) is 0.500. The zero-order valence-electron chi connectivity index (χ0n) is 15.9. The molecule has 0 radical (unpaired) electrons. The van der Waals surface area contributed by atoms with Crippen LogP contribution in [0.1, 0.15) is 16.1 Å². The highest BCUT2D eigenvalue weighted by molar-refractivity contribution is 5.89. The highest BCUT2D eigenvalue weighted by Gasteiger charge is 2.45. The van der Waals surface area contributed by atoms with E-state index in [9.17, 15) is 20.1 Å². The summed E-state index contributed by atoms with van der Waals surface area (Å²) in [7, 11) is 2.64. The van der Waals surface area contributed by atoms with E-state index >= 15 is 0 Å². The first-order chi connectivity index (χ1) is 14.0. The number of aromatic nitrogens is 3. The molecule has 0 unspecified atom stereocenters. The van der Waals surface area contributed by atoms with Gasteiger partial charge in [0, 0.05) is 7.11 Å². The second kappa shape index (κ2) is 9.39. The molecule has 1 saturated heterocycles. The third-order valence-corrected chi connectivity index (χ3v) is 4.55. The van der Waals surface area contributed by atoms with Crippen molar-refractivity contribution in [1.29, 1.82) is 0 Å². The van der Waals surface area contributed by atoms with Crippen LogP contribution in [0.4, 0.5) is 0 Å². The highest BCUT2D eigenvalue weighted by atomic mass is 16.7. The average molecular weight is 409 g/mol. The van der Waals surface area contributed by atoms with Gasteiger partial charge < -0.3 is 34.3 Å². The lowest BCUT2D eigenvalue weighted by atomic mass is 9.99. The normalized spacial score (nSPS) is 27.0. The Morgan fingerprint density at radius 1 is 1.28 bits per heavy atom. The molecule has 1 aromatic heterocycles. The lowest BCUT2D eigenvalue weighted by Gasteiger charge is -2.41. The van der Waals surface area contributed by atoms with Crippen LogP contribution in [0.5, 0.6) is 0 Å². The van der Waals surface area contributed by atoms with Crippen molar-refractivity contribution in [3.05, 3.63) is 41.7 Å². The summed E-state index contributed by atoms with van der Waals surface area (Å²) in [5.74, 6) is -0.468. The van der Waals surface area contributed by atoms with Crippen LogP contribution in [-0.2, 0) is 25.6 Å². The summed E-state index contributed by atoms with van der Waals surface area (Å²) in [5.41, 5.74) is 1.39. The highest BCUT2D eigenvalue weighted by Crippen LogP contribution is 2.24. The Bertz CT molecular complexity index is 813. The summed E-state index contributed by atoms with van der Waals surface area (Å²) in [4.78, 5) is 11.7. The van der Waals surface area contributed by atoms with Gasteiger partial charge in [-0.3, -0.25) is 0 Å². The van der Waals surface area contributed by atoms with Crippen LogP contribution in [0.15, 0.2) is 30.5 Å². The first-order valence-electron chi connectivity index (χ1n) is 8.85. The van der Waals surface area contributed by atoms with Crippen LogP contribution in [-0.4, -0.2) is 87.8 Å². The second-order valence-electron chi connectivity index (χ2n) is 6.41. The second-order valence-corrected chi connectivity index (χ2v) is 6.41. The Morgan fingerprint density at radius 3 is 2.76 bits per heavy atom. The number of rotatable bonds is 7. The molecule has 0 spiro atoms. The van der Waals surface area contributed by atoms with Crippen LogP contribution in [0.25, 0.3) is 5.69 Å². The SMILES string of the molecule is COC(=O)c1cccc(-n2cc(CO[C@H]3[C@@H](O)[C@@H](CO)O[C@@H](OC)[C@@H]3O)nn2)c1. The maximum Gasteiger partial charge on any atom is 0.337 e. The number of carbonyl (C=O) groups is 1. The van der Waals surface area contributed by atoms with Gasteiger partial charge >= 0.3 is 5.97 Å². The molecular weight excluding hydrogens is 386 g/mol. The third kappa shape index (κ3) is 4.61. The molecule has 1 aliphatic rings. The van der Waals surface area contributed by atoms with Crippen molar-refractivity contribution in [2.24, 2.45) is 0 Å². The van der Waals surface area contributed by atoms with Crippen molar-refractivity contribution in [3.8, 4) is 5.69 Å². The predicted molar refractivity (Wildman–Crippen MR) is 96.0 cm³/mol. The molecule has 29 heavy (non-hydrogen) atoms. The molecule has 11 nitrogen and oxygen atoms in total. The third-order valence-electron chi connectivity index (χ3n) is 4.55. The zero-order chi connectivity index (χ0) is 21.0. The van der Waals surface area contributed by atoms with E-state index in [0.717, 1.165) is 0 Å². The van der Waals surface area contributed by atoms with E-state index in [1.165, 1.54) is 18.9 Å². The van der Waals surface area contributed by atoms with Gasteiger partial charge in [-0.2, -0.15) is 0 Å². The molecule has 2 aromatic rings. The number of hydrogen-bond donors (Lipinski definition) is 3. The number of carbonyl (C=O) groups excluding carboxylic acids is 1. The lowest BCUT2D eigenvalue weighted by Crippen LogP contribution is -2.59. The number of ether oxygens (including phenoxy) is 4. The largest absolute Gasteiger partial charge is 0.465 e. The van der Waals surface area contributed by atoms with E-state index in [2.05, 4.69) is 10.3 Å². The molecule has 1 aliphatic heterocycles. The monoisotopic (exact) mass is 409 g/mol. The van der Waals surface area contributed by atoms with Crippen molar-refractivity contribution in [1.82, 2.24) is 15.0 Å². The number of esters is 1. The van der Waals surface area contributed by atoms with Gasteiger partial charge in [-0.15, -0.1) is 5.10 Å². The van der Waals surface area contributed by atoms with Crippen molar-refractivity contribution in [2.75, 3.05) is 20.8 Å². The van der Waals surface area contributed by atoms with Gasteiger partial charge in [-0.25, -0.2) is 9.48 Å². The molecule has 0 amide bonds. The van der Waals surface area contributed by atoms with Gasteiger partial charge in [-0.1, -0.05) is 11.3 Å². The van der Waals surface area contributed by atoms with Gasteiger partial charge in [-0.05, 0) is 18.2 Å². The molecular formula is C18H23N3O8. The van der Waals surface area contributed by atoms with E-state index in [4.69, 9.17) is 18.9 Å².